The van der Waals surface area contributed by atoms with Crippen LogP contribution in [0, 0.1) is 5.92 Å². The molecule has 1 spiro atoms. The van der Waals surface area contributed by atoms with Crippen molar-refractivity contribution in [3.05, 3.63) is 77.4 Å². The molecule has 1 N–H and O–H groups in total. The van der Waals surface area contributed by atoms with E-state index in [1.807, 2.05) is 12.1 Å². The number of likely N-dealkylation sites (N-methyl/N-ethyl adjacent to an activating group) is 1. The second-order valence-electron chi connectivity index (χ2n) is 12.0. The van der Waals surface area contributed by atoms with Crippen molar-refractivity contribution in [2.45, 2.75) is 62.8 Å². The fourth-order valence-electron chi connectivity index (χ4n) is 8.14. The molecule has 6 nitrogen and oxygen atoms in total. The van der Waals surface area contributed by atoms with Gasteiger partial charge in [-0.05, 0) is 37.0 Å². The molecule has 5 atom stereocenters. The van der Waals surface area contributed by atoms with E-state index in [-0.39, 0.29) is 22.8 Å². The monoisotopic (exact) mass is 567 g/mol. The Labute approximate surface area is 237 Å². The number of halogens is 3. The molecule has 1 saturated heterocycles. The van der Waals surface area contributed by atoms with Gasteiger partial charge in [-0.2, -0.15) is 13.2 Å². The molecule has 2 aromatic carbocycles. The van der Waals surface area contributed by atoms with Gasteiger partial charge in [0.1, 0.15) is 11.9 Å². The smallest absolute Gasteiger partial charge is 0.425 e. The number of nitrogens with one attached hydrogen (secondary N) is 1. The highest BCUT2D eigenvalue weighted by Crippen LogP contribution is 2.64. The number of alkyl halides is 3. The second-order valence-corrected chi connectivity index (χ2v) is 12.0. The summed E-state index contributed by atoms with van der Waals surface area (Å²) in [7, 11) is 2.30. The number of nitrogens with zero attached hydrogens (tertiary/aromatic N) is 1. The van der Waals surface area contributed by atoms with Crippen LogP contribution in [0.5, 0.6) is 5.75 Å². The number of carbonyl (C=O) groups is 2. The first-order chi connectivity index (χ1) is 19.5. The third-order valence-corrected chi connectivity index (χ3v) is 9.73. The van der Waals surface area contributed by atoms with Crippen molar-refractivity contribution in [1.82, 2.24) is 0 Å². The predicted molar refractivity (Wildman–Crippen MR) is 148 cm³/mol. The van der Waals surface area contributed by atoms with Gasteiger partial charge in [-0.3, -0.25) is 9.59 Å². The highest BCUT2D eigenvalue weighted by atomic mass is 19.4. The summed E-state index contributed by atoms with van der Waals surface area (Å²) in [5.41, 5.74) is 0.602. The van der Waals surface area contributed by atoms with Crippen LogP contribution in [0.15, 0.2) is 60.7 Å². The van der Waals surface area contributed by atoms with Gasteiger partial charge in [0.15, 0.2) is 11.3 Å². The van der Waals surface area contributed by atoms with Gasteiger partial charge in [0, 0.05) is 36.8 Å². The second kappa shape index (κ2) is 9.76. The molecular formula is C32H34F3N2O4+. The first kappa shape index (κ1) is 27.6. The van der Waals surface area contributed by atoms with Crippen molar-refractivity contribution in [2.24, 2.45) is 5.92 Å². The average Bonchev–Trinajstić information content (AvgIpc) is 3.26. The van der Waals surface area contributed by atoms with Gasteiger partial charge in [0.05, 0.1) is 37.3 Å². The van der Waals surface area contributed by atoms with Crippen molar-refractivity contribution in [1.29, 1.82) is 0 Å². The van der Waals surface area contributed by atoms with E-state index in [4.69, 9.17) is 9.47 Å². The van der Waals surface area contributed by atoms with Gasteiger partial charge in [0.25, 0.3) is 5.91 Å². The van der Waals surface area contributed by atoms with Crippen LogP contribution >= 0.6 is 0 Å². The first-order valence-electron chi connectivity index (χ1n) is 14.1. The normalized spacial score (nSPS) is 29.9. The largest absolute Gasteiger partial charge is 0.487 e. The number of quaternary nitrogens is 1. The molecule has 2 aliphatic heterocycles. The summed E-state index contributed by atoms with van der Waals surface area (Å²) in [6, 6.07) is 11.4. The maximum absolute atomic E-state index is 14.5. The lowest BCUT2D eigenvalue weighted by atomic mass is 9.51. The highest BCUT2D eigenvalue weighted by Gasteiger charge is 2.66. The van der Waals surface area contributed by atoms with Crippen LogP contribution in [0.1, 0.15) is 49.3 Å². The Kier molecular flexibility index (Phi) is 6.56. The Morgan fingerprint density at radius 2 is 1.95 bits per heavy atom. The topological polar surface area (TPSA) is 64.6 Å². The van der Waals surface area contributed by atoms with Gasteiger partial charge in [-0.15, -0.1) is 0 Å². The van der Waals surface area contributed by atoms with Crippen LogP contribution in [0.3, 0.4) is 0 Å². The zero-order chi connectivity index (χ0) is 29.2. The summed E-state index contributed by atoms with van der Waals surface area (Å²) in [6.45, 7) is 6.86. The van der Waals surface area contributed by atoms with E-state index in [0.29, 0.717) is 17.7 Å². The molecule has 216 valence electrons. The zero-order valence-corrected chi connectivity index (χ0v) is 23.2. The number of benzene rings is 2. The Bertz CT molecular complexity index is 1450. The summed E-state index contributed by atoms with van der Waals surface area (Å²) >= 11 is 0. The molecule has 1 saturated carbocycles. The summed E-state index contributed by atoms with van der Waals surface area (Å²) in [4.78, 5) is 25.3. The van der Waals surface area contributed by atoms with Crippen LogP contribution < -0.4 is 10.1 Å². The highest BCUT2D eigenvalue weighted by molar-refractivity contribution is 6.10. The molecule has 1 unspecified atom stereocenters. The molecule has 2 aromatic rings. The Morgan fingerprint density at radius 3 is 2.63 bits per heavy atom. The van der Waals surface area contributed by atoms with Crippen molar-refractivity contribution < 1.29 is 36.7 Å². The molecule has 2 aliphatic carbocycles. The van der Waals surface area contributed by atoms with Crippen molar-refractivity contribution >= 4 is 23.3 Å². The van der Waals surface area contributed by atoms with E-state index in [2.05, 4.69) is 18.9 Å². The average molecular weight is 568 g/mol. The fraction of sp³-hybridized carbons (Fsp3) is 0.438. The van der Waals surface area contributed by atoms with Gasteiger partial charge >= 0.3 is 12.1 Å². The van der Waals surface area contributed by atoms with Crippen molar-refractivity contribution in [3.63, 3.8) is 0 Å². The first-order valence-corrected chi connectivity index (χ1v) is 14.1. The molecule has 2 bridgehead atoms. The Morgan fingerprint density at radius 1 is 1.20 bits per heavy atom. The number of piperidine rings is 1. The molecule has 1 amide bonds. The molecule has 41 heavy (non-hydrogen) atoms. The molecule has 9 heteroatoms. The minimum atomic E-state index is -5.10. The van der Waals surface area contributed by atoms with Crippen LogP contribution in [0.4, 0.5) is 18.9 Å². The molecule has 6 rings (SSSR count). The van der Waals surface area contributed by atoms with E-state index >= 15 is 0 Å². The number of ether oxygens (including phenoxy) is 2. The SMILES string of the molecule is C=CC[N+]1(C)CC[C@]23c4c5ccc(NC(=O)C(=C(OC(C)=O)c6ccccc6)C(F)(F)F)c4O[C@H]2CCC[C@H]3[C@H]1C5. The van der Waals surface area contributed by atoms with Gasteiger partial charge in [0.2, 0.25) is 0 Å². The lowest BCUT2D eigenvalue weighted by Crippen LogP contribution is -2.70. The van der Waals surface area contributed by atoms with E-state index < -0.39 is 29.4 Å². The molecule has 2 heterocycles. The summed E-state index contributed by atoms with van der Waals surface area (Å²) < 4.78 is 55.9. The summed E-state index contributed by atoms with van der Waals surface area (Å²) in [5, 5.41) is 2.51. The van der Waals surface area contributed by atoms with Crippen molar-refractivity contribution in [3.8, 4) is 5.75 Å². The standard InChI is InChI=1S/C32H33F3N2O4/c1-4-16-37(3)17-15-31-22-11-8-12-25(31)41-29-23(14-13-21(26(29)31)18-24(22)37)36-30(39)27(32(33,34)35)28(40-19(2)38)20-9-6-5-7-10-20/h4-7,9-10,13-14,22,24-25H,1,8,11-12,15-18H2,2-3H3/p+1/t22-,24+,25-,31+,37?/m0/s1. The van der Waals surface area contributed by atoms with Crippen LogP contribution in [-0.4, -0.2) is 54.8 Å². The number of carbonyl (C=O) groups excluding carboxylic acids is 2. The minimum Gasteiger partial charge on any atom is -0.487 e. The predicted octanol–water partition coefficient (Wildman–Crippen LogP) is 5.92. The number of rotatable bonds is 6. The van der Waals surface area contributed by atoms with E-state index in [1.165, 1.54) is 24.3 Å². The third-order valence-electron chi connectivity index (χ3n) is 9.73. The lowest BCUT2D eigenvalue weighted by Gasteiger charge is -2.60. The number of hydrogen-bond donors (Lipinski definition) is 1. The van der Waals surface area contributed by atoms with Gasteiger partial charge < -0.3 is 19.3 Å². The van der Waals surface area contributed by atoms with Gasteiger partial charge in [-0.25, -0.2) is 0 Å². The summed E-state index contributed by atoms with van der Waals surface area (Å²) in [5.74, 6) is -2.33. The van der Waals surface area contributed by atoms with Gasteiger partial charge in [-0.1, -0.05) is 43.0 Å². The molecule has 0 radical (unpaired) electrons. The Balaban J connectivity index is 1.44. The molecular weight excluding hydrogens is 533 g/mol. The molecule has 4 aliphatic rings. The lowest BCUT2D eigenvalue weighted by molar-refractivity contribution is -0.940. The van der Waals surface area contributed by atoms with E-state index in [1.54, 1.807) is 12.1 Å². The quantitative estimate of drug-likeness (QED) is 0.155. The molecule has 2 fully saturated rings. The maximum atomic E-state index is 14.5. The van der Waals surface area contributed by atoms with E-state index in [9.17, 15) is 22.8 Å². The number of esters is 1. The van der Waals surface area contributed by atoms with Crippen molar-refractivity contribution in [2.75, 3.05) is 25.5 Å². The number of hydrogen-bond acceptors (Lipinski definition) is 4. The number of anilines is 1. The summed E-state index contributed by atoms with van der Waals surface area (Å²) in [6.07, 6.45) is 1.56. The van der Waals surface area contributed by atoms with E-state index in [0.717, 1.165) is 67.7 Å². The maximum Gasteiger partial charge on any atom is 0.425 e. The number of likely N-dealkylation sites (tertiary alicyclic amines) is 1. The zero-order valence-electron chi connectivity index (χ0n) is 23.2. The van der Waals surface area contributed by atoms with Crippen LogP contribution in [0.2, 0.25) is 0 Å². The molecule has 0 aromatic heterocycles. The number of amides is 1. The minimum absolute atomic E-state index is 0.0295. The Hall–Kier alpha value is -3.59. The third kappa shape index (κ3) is 4.28. The fourth-order valence-corrected chi connectivity index (χ4v) is 8.14. The van der Waals surface area contributed by atoms with Crippen LogP contribution in [-0.2, 0) is 26.2 Å². The van der Waals surface area contributed by atoms with Crippen LogP contribution in [0.25, 0.3) is 5.76 Å².